The smallest absolute Gasteiger partial charge is 0.151 e. The van der Waals surface area contributed by atoms with Gasteiger partial charge in [0.05, 0.1) is 24.7 Å². The Balaban J connectivity index is 0.000000251. The van der Waals surface area contributed by atoms with Crippen LogP contribution in [-0.2, 0) is 9.59 Å². The summed E-state index contributed by atoms with van der Waals surface area (Å²) in [5, 5.41) is 57.0. The number of carbonyl (C=O) groups excluding carboxylic acids is 2. The number of hydrogen-bond acceptors (Lipinski definition) is 11. The molecule has 3 aliphatic heterocycles. The normalized spacial score (nSPS) is 26.6. The molecule has 4 heterocycles. The van der Waals surface area contributed by atoms with Gasteiger partial charge in [-0.25, -0.2) is 0 Å². The van der Waals surface area contributed by atoms with Crippen molar-refractivity contribution in [2.45, 2.75) is 49.4 Å². The Morgan fingerprint density at radius 3 is 2.51 bits per heavy atom. The van der Waals surface area contributed by atoms with Crippen LogP contribution in [-0.4, -0.2) is 98.3 Å². The summed E-state index contributed by atoms with van der Waals surface area (Å²) in [5.41, 5.74) is 1.85. The lowest BCUT2D eigenvalue weighted by Crippen LogP contribution is -2.54. The Hall–Kier alpha value is -2.93. The van der Waals surface area contributed by atoms with E-state index in [2.05, 4.69) is 22.5 Å². The van der Waals surface area contributed by atoms with Gasteiger partial charge in [0.1, 0.15) is 30.2 Å². The third-order valence-electron chi connectivity index (χ3n) is 7.22. The molecule has 3 aliphatic rings. The van der Waals surface area contributed by atoms with E-state index >= 15 is 0 Å². The van der Waals surface area contributed by atoms with Crippen LogP contribution in [0.15, 0.2) is 43.1 Å². The zero-order chi connectivity index (χ0) is 27.3. The first-order chi connectivity index (χ1) is 17.6. The minimum atomic E-state index is -2.36. The maximum absolute atomic E-state index is 11.2. The molecule has 5 rings (SSSR count). The van der Waals surface area contributed by atoms with Crippen LogP contribution >= 0.6 is 0 Å². The van der Waals surface area contributed by atoms with Crippen molar-refractivity contribution in [1.29, 1.82) is 0 Å². The number of fused-ring (bicyclic) bond motifs is 4. The minimum absolute atomic E-state index is 0.101. The van der Waals surface area contributed by atoms with Gasteiger partial charge in [0.15, 0.2) is 6.29 Å². The molecule has 3 fully saturated rings. The molecule has 0 radical (unpaired) electrons. The number of aldehydes is 1. The molecule has 3 saturated heterocycles. The van der Waals surface area contributed by atoms with E-state index in [0.717, 1.165) is 41.7 Å². The second kappa shape index (κ2) is 12.5. The van der Waals surface area contributed by atoms with Crippen molar-refractivity contribution in [3.8, 4) is 5.75 Å². The standard InChI is InChI=1S/C20H24N2O2.C6H10O7/c1-3-13-12-22-9-7-14(13)10-19(22)20(23)16-6-8-21-18-5-4-15(24-2)11-17(16)18;7-1-2(8)3(9)4(10)5(11)6(12)13/h3-6,8,11,13-14,19-20,23H,1,7,9-10,12H2,2H3;1-5,8-11H,(H,12,13)/p-1/t13-,14+,19+,20-;2-,3+,4+,5-/m00/s1. The van der Waals surface area contributed by atoms with Crippen molar-refractivity contribution in [1.82, 2.24) is 9.88 Å². The zero-order valence-electron chi connectivity index (χ0n) is 20.5. The number of aliphatic hydroxyl groups is 5. The maximum atomic E-state index is 11.2. The Kier molecular flexibility index (Phi) is 9.71. The van der Waals surface area contributed by atoms with Gasteiger partial charge in [0, 0.05) is 24.2 Å². The second-order valence-electron chi connectivity index (χ2n) is 9.35. The van der Waals surface area contributed by atoms with Gasteiger partial charge in [-0.1, -0.05) is 6.08 Å². The largest absolute Gasteiger partial charge is 0.547 e. The van der Waals surface area contributed by atoms with Crippen LogP contribution in [0, 0.1) is 11.8 Å². The lowest BCUT2D eigenvalue weighted by Gasteiger charge is -2.50. The Labute approximate surface area is 214 Å². The topological polar surface area (TPSA) is 184 Å². The SMILES string of the molecule is C=C[C@H]1CN2CC[C@@H]1C[C@@H]2[C@@H](O)c1ccnc2ccc(OC)cc12.O=C[C@H](O)[C@@H](O)[C@@H](O)[C@H](O)C(=O)[O-]. The van der Waals surface area contributed by atoms with Gasteiger partial charge in [-0.15, -0.1) is 6.58 Å². The maximum Gasteiger partial charge on any atom is 0.151 e. The van der Waals surface area contributed by atoms with Crippen LogP contribution in [0.3, 0.4) is 0 Å². The lowest BCUT2D eigenvalue weighted by molar-refractivity contribution is -0.320. The molecule has 1 aromatic carbocycles. The Morgan fingerprint density at radius 2 is 1.95 bits per heavy atom. The summed E-state index contributed by atoms with van der Waals surface area (Å²) in [6, 6.07) is 7.96. The number of ether oxygens (including phenoxy) is 1. The monoisotopic (exact) mass is 517 g/mol. The Bertz CT molecular complexity index is 1100. The third-order valence-corrected chi connectivity index (χ3v) is 7.22. The first-order valence-corrected chi connectivity index (χ1v) is 12.0. The lowest BCUT2D eigenvalue weighted by atomic mass is 9.73. The molecule has 5 N–H and O–H groups in total. The predicted molar refractivity (Wildman–Crippen MR) is 130 cm³/mol. The number of benzene rings is 1. The van der Waals surface area contributed by atoms with E-state index in [4.69, 9.17) is 25.2 Å². The van der Waals surface area contributed by atoms with Crippen LogP contribution in [0.5, 0.6) is 5.75 Å². The number of carboxylic acids is 1. The van der Waals surface area contributed by atoms with Crippen molar-refractivity contribution in [2.75, 3.05) is 20.2 Å². The van der Waals surface area contributed by atoms with Gasteiger partial charge in [-0.05, 0) is 61.1 Å². The van der Waals surface area contributed by atoms with Gasteiger partial charge >= 0.3 is 0 Å². The molecular formula is C26H33N2O9-. The third kappa shape index (κ3) is 6.32. The molecule has 0 saturated carbocycles. The highest BCUT2D eigenvalue weighted by atomic mass is 16.5. The van der Waals surface area contributed by atoms with Crippen LogP contribution < -0.4 is 9.84 Å². The van der Waals surface area contributed by atoms with E-state index in [1.807, 2.05) is 24.3 Å². The number of carbonyl (C=O) groups is 2. The van der Waals surface area contributed by atoms with Crippen molar-refractivity contribution >= 4 is 23.2 Å². The minimum Gasteiger partial charge on any atom is -0.547 e. The summed E-state index contributed by atoms with van der Waals surface area (Å²) in [4.78, 5) is 26.7. The fourth-order valence-electron chi connectivity index (χ4n) is 5.05. The molecule has 1 unspecified atom stereocenters. The molecule has 37 heavy (non-hydrogen) atoms. The van der Waals surface area contributed by atoms with Gasteiger partial charge < -0.3 is 45.0 Å². The average Bonchev–Trinajstić information content (AvgIpc) is 2.94. The molecule has 0 aliphatic carbocycles. The van der Waals surface area contributed by atoms with Gasteiger partial charge in [0.2, 0.25) is 0 Å². The number of aromatic nitrogens is 1. The van der Waals surface area contributed by atoms with E-state index in [9.17, 15) is 19.8 Å². The molecule has 0 amide bonds. The van der Waals surface area contributed by atoms with E-state index in [1.165, 1.54) is 6.42 Å². The number of carboxylic acid groups (broad SMARTS) is 1. The van der Waals surface area contributed by atoms with Crippen LogP contribution in [0.4, 0.5) is 0 Å². The summed E-state index contributed by atoms with van der Waals surface area (Å²) in [6.07, 6.45) is -3.03. The van der Waals surface area contributed by atoms with Crippen molar-refractivity contribution in [2.24, 2.45) is 11.8 Å². The molecular weight excluding hydrogens is 484 g/mol. The summed E-state index contributed by atoms with van der Waals surface area (Å²) < 4.78 is 5.35. The number of pyridine rings is 1. The number of methoxy groups -OCH3 is 1. The molecule has 1 aromatic heterocycles. The van der Waals surface area contributed by atoms with E-state index < -0.39 is 36.5 Å². The summed E-state index contributed by atoms with van der Waals surface area (Å²) in [6.45, 7) is 6.07. The van der Waals surface area contributed by atoms with Crippen LogP contribution in [0.1, 0.15) is 24.5 Å². The summed E-state index contributed by atoms with van der Waals surface area (Å²) in [5.74, 6) is -0.00272. The summed E-state index contributed by atoms with van der Waals surface area (Å²) in [7, 11) is 1.66. The number of aliphatic hydroxyl groups excluding tert-OH is 5. The molecule has 0 spiro atoms. The highest BCUT2D eigenvalue weighted by molar-refractivity contribution is 5.84. The van der Waals surface area contributed by atoms with Crippen LogP contribution in [0.25, 0.3) is 10.9 Å². The number of aliphatic carboxylic acids is 1. The number of nitrogens with zero attached hydrogens (tertiary/aromatic N) is 2. The quantitative estimate of drug-likeness (QED) is 0.194. The van der Waals surface area contributed by atoms with E-state index in [-0.39, 0.29) is 12.3 Å². The predicted octanol–water partition coefficient (Wildman–Crippen LogP) is -1.45. The van der Waals surface area contributed by atoms with Crippen molar-refractivity contribution < 1.29 is 45.0 Å². The summed E-state index contributed by atoms with van der Waals surface area (Å²) >= 11 is 0. The first kappa shape index (κ1) is 28.6. The van der Waals surface area contributed by atoms with Gasteiger partial charge in [-0.3, -0.25) is 9.88 Å². The molecule has 2 bridgehead atoms. The average molecular weight is 518 g/mol. The van der Waals surface area contributed by atoms with Gasteiger partial charge in [0.25, 0.3) is 0 Å². The number of hydrogen-bond donors (Lipinski definition) is 5. The van der Waals surface area contributed by atoms with Crippen LogP contribution in [0.2, 0.25) is 0 Å². The van der Waals surface area contributed by atoms with Crippen molar-refractivity contribution in [3.63, 3.8) is 0 Å². The first-order valence-electron chi connectivity index (χ1n) is 12.0. The molecule has 11 heteroatoms. The molecule has 2 aromatic rings. The highest BCUT2D eigenvalue weighted by Gasteiger charge is 2.42. The number of piperidine rings is 3. The molecule has 9 atom stereocenters. The highest BCUT2D eigenvalue weighted by Crippen LogP contribution is 2.42. The van der Waals surface area contributed by atoms with Crippen molar-refractivity contribution in [3.05, 3.63) is 48.7 Å². The zero-order valence-corrected chi connectivity index (χ0v) is 20.5. The molecule has 202 valence electrons. The van der Waals surface area contributed by atoms with Gasteiger partial charge in [-0.2, -0.15) is 0 Å². The fourth-order valence-corrected chi connectivity index (χ4v) is 5.05. The molecule has 11 nitrogen and oxygen atoms in total. The Morgan fingerprint density at radius 1 is 1.22 bits per heavy atom. The van der Waals surface area contributed by atoms with E-state index in [1.54, 1.807) is 13.3 Å². The fraction of sp³-hybridized carbons (Fsp3) is 0.500. The van der Waals surface area contributed by atoms with E-state index in [0.29, 0.717) is 11.8 Å². The second-order valence-corrected chi connectivity index (χ2v) is 9.35. The number of rotatable bonds is 9.